The Morgan fingerprint density at radius 2 is 1.96 bits per heavy atom. The van der Waals surface area contributed by atoms with Gasteiger partial charge in [-0.05, 0) is 32.9 Å². The molecule has 0 saturated heterocycles. The lowest BCUT2D eigenvalue weighted by Gasteiger charge is -2.13. The maximum Gasteiger partial charge on any atom is 0.321 e. The largest absolute Gasteiger partial charge is 0.336 e. The molecule has 0 aliphatic heterocycles. The van der Waals surface area contributed by atoms with Gasteiger partial charge in [-0.3, -0.25) is 19.7 Å². The minimum absolute atomic E-state index is 0.0515. The summed E-state index contributed by atoms with van der Waals surface area (Å²) in [5, 5.41) is 13.4. The Kier molecular flexibility index (Phi) is 6.90. The highest BCUT2D eigenvalue weighted by Crippen LogP contribution is 2.26. The van der Waals surface area contributed by atoms with E-state index in [2.05, 4.69) is 32.4 Å². The zero-order valence-corrected chi connectivity index (χ0v) is 15.8. The summed E-state index contributed by atoms with van der Waals surface area (Å²) in [6.07, 6.45) is 5.09. The van der Waals surface area contributed by atoms with Crippen LogP contribution in [0.1, 0.15) is 20.8 Å². The summed E-state index contributed by atoms with van der Waals surface area (Å²) in [6, 6.07) is 3.11. The molecule has 0 saturated carbocycles. The van der Waals surface area contributed by atoms with Crippen molar-refractivity contribution in [2.75, 3.05) is 0 Å². The fourth-order valence-electron chi connectivity index (χ4n) is 2.11. The van der Waals surface area contributed by atoms with E-state index in [1.54, 1.807) is 25.4 Å². The third-order valence-corrected chi connectivity index (χ3v) is 4.36. The highest BCUT2D eigenvalue weighted by molar-refractivity contribution is 8.00. The van der Waals surface area contributed by atoms with Crippen LogP contribution in [0.25, 0.3) is 11.4 Å². The number of allylic oxidation sites excluding steroid dienone is 1. The summed E-state index contributed by atoms with van der Waals surface area (Å²) in [5.74, 6) is 0.270. The van der Waals surface area contributed by atoms with Gasteiger partial charge in [-0.2, -0.15) is 0 Å². The Morgan fingerprint density at radius 1 is 1.27 bits per heavy atom. The number of thioether (sulfide) groups is 1. The van der Waals surface area contributed by atoms with Gasteiger partial charge in [0.1, 0.15) is 0 Å². The summed E-state index contributed by atoms with van der Waals surface area (Å²) in [6.45, 7) is 9.61. The highest BCUT2D eigenvalue weighted by Gasteiger charge is 2.22. The van der Waals surface area contributed by atoms with E-state index in [-0.39, 0.29) is 6.04 Å². The second-order valence-electron chi connectivity index (χ2n) is 5.82. The van der Waals surface area contributed by atoms with Crippen LogP contribution in [0.5, 0.6) is 0 Å². The number of carbonyl (C=O) groups is 2. The molecule has 0 fully saturated rings. The lowest BCUT2D eigenvalue weighted by atomic mass is 10.2. The van der Waals surface area contributed by atoms with Crippen molar-refractivity contribution in [2.45, 2.75) is 43.8 Å². The number of amides is 3. The molecule has 2 aromatic heterocycles. The number of rotatable bonds is 7. The molecule has 3 amide bonds. The minimum atomic E-state index is -0.522. The molecule has 9 heteroatoms. The van der Waals surface area contributed by atoms with Gasteiger partial charge >= 0.3 is 6.03 Å². The number of carbonyl (C=O) groups excluding carboxylic acids is 2. The maximum absolute atomic E-state index is 12.2. The van der Waals surface area contributed by atoms with Crippen molar-refractivity contribution in [3.05, 3.63) is 37.2 Å². The standard InChI is InChI=1S/C17H22N6O2S/c1-5-10-23-14(13-6-8-18-9-7-13)21-22-17(23)26-12(4)15(24)20-16(25)19-11(2)3/h5-9,11-12H,1,10H2,2-4H3,(H2,19,20,24,25)/t12-/m0/s1. The highest BCUT2D eigenvalue weighted by atomic mass is 32.2. The smallest absolute Gasteiger partial charge is 0.321 e. The minimum Gasteiger partial charge on any atom is -0.336 e. The van der Waals surface area contributed by atoms with Crippen molar-refractivity contribution < 1.29 is 9.59 Å². The molecular formula is C17H22N6O2S. The number of aromatic nitrogens is 4. The van der Waals surface area contributed by atoms with E-state index >= 15 is 0 Å². The fraction of sp³-hybridized carbons (Fsp3) is 0.353. The first kappa shape index (κ1) is 19.6. The van der Waals surface area contributed by atoms with Gasteiger partial charge in [-0.1, -0.05) is 17.8 Å². The molecular weight excluding hydrogens is 352 g/mol. The van der Waals surface area contributed by atoms with E-state index in [0.29, 0.717) is 17.5 Å². The summed E-state index contributed by atoms with van der Waals surface area (Å²) in [4.78, 5) is 27.9. The van der Waals surface area contributed by atoms with Crippen LogP contribution >= 0.6 is 11.8 Å². The quantitative estimate of drug-likeness (QED) is 0.569. The van der Waals surface area contributed by atoms with Crippen molar-refractivity contribution in [1.82, 2.24) is 30.4 Å². The van der Waals surface area contributed by atoms with Crippen molar-refractivity contribution in [3.8, 4) is 11.4 Å². The van der Waals surface area contributed by atoms with Gasteiger partial charge in [0.15, 0.2) is 11.0 Å². The number of urea groups is 1. The molecule has 0 spiro atoms. The lowest BCUT2D eigenvalue weighted by Crippen LogP contribution is -2.45. The van der Waals surface area contributed by atoms with Crippen LogP contribution in [0.2, 0.25) is 0 Å². The van der Waals surface area contributed by atoms with Crippen molar-refractivity contribution in [1.29, 1.82) is 0 Å². The van der Waals surface area contributed by atoms with Gasteiger partial charge in [0.2, 0.25) is 5.91 Å². The SMILES string of the molecule is C=CCn1c(S[C@@H](C)C(=O)NC(=O)NC(C)C)nnc1-c1ccncc1. The average Bonchev–Trinajstić information content (AvgIpc) is 2.97. The second-order valence-corrected chi connectivity index (χ2v) is 7.13. The zero-order chi connectivity index (χ0) is 19.1. The van der Waals surface area contributed by atoms with Crippen LogP contribution in [0.15, 0.2) is 42.3 Å². The van der Waals surface area contributed by atoms with Crippen molar-refractivity contribution in [3.63, 3.8) is 0 Å². The topological polar surface area (TPSA) is 102 Å². The Bertz CT molecular complexity index is 775. The third kappa shape index (κ3) is 5.16. The third-order valence-electron chi connectivity index (χ3n) is 3.27. The van der Waals surface area contributed by atoms with Gasteiger partial charge in [0.05, 0.1) is 5.25 Å². The number of imide groups is 1. The molecule has 0 unspecified atom stereocenters. The van der Waals surface area contributed by atoms with Crippen LogP contribution in [-0.4, -0.2) is 43.0 Å². The van der Waals surface area contributed by atoms with Gasteiger partial charge in [-0.15, -0.1) is 16.8 Å². The summed E-state index contributed by atoms with van der Waals surface area (Å²) in [7, 11) is 0. The molecule has 2 rings (SSSR count). The monoisotopic (exact) mass is 374 g/mol. The fourth-order valence-corrected chi connectivity index (χ4v) is 2.97. The molecule has 1 atom stereocenters. The predicted molar refractivity (Wildman–Crippen MR) is 101 cm³/mol. The second kappa shape index (κ2) is 9.14. The molecule has 2 aromatic rings. The van der Waals surface area contributed by atoms with Gasteiger partial charge < -0.3 is 5.32 Å². The molecule has 2 heterocycles. The number of hydrogen-bond donors (Lipinski definition) is 2. The molecule has 0 aliphatic rings. The van der Waals surface area contributed by atoms with Crippen LogP contribution in [0, 0.1) is 0 Å². The predicted octanol–water partition coefficient (Wildman–Crippen LogP) is 2.24. The van der Waals surface area contributed by atoms with Crippen molar-refractivity contribution >= 4 is 23.7 Å². The first-order valence-electron chi connectivity index (χ1n) is 8.15. The van der Waals surface area contributed by atoms with Crippen molar-refractivity contribution in [2.24, 2.45) is 0 Å². The number of pyridine rings is 1. The molecule has 0 radical (unpaired) electrons. The van der Waals surface area contributed by atoms with E-state index in [4.69, 9.17) is 0 Å². The van der Waals surface area contributed by atoms with E-state index < -0.39 is 17.2 Å². The number of hydrogen-bond acceptors (Lipinski definition) is 6. The normalized spacial score (nSPS) is 11.8. The first-order valence-corrected chi connectivity index (χ1v) is 9.02. The zero-order valence-electron chi connectivity index (χ0n) is 15.0. The lowest BCUT2D eigenvalue weighted by molar-refractivity contribution is -0.119. The van der Waals surface area contributed by atoms with Crippen LogP contribution in [0.4, 0.5) is 4.79 Å². The summed E-state index contributed by atoms with van der Waals surface area (Å²) < 4.78 is 1.87. The number of nitrogens with zero attached hydrogens (tertiary/aromatic N) is 4. The van der Waals surface area contributed by atoms with Crippen LogP contribution in [-0.2, 0) is 11.3 Å². The maximum atomic E-state index is 12.2. The molecule has 0 aromatic carbocycles. The molecule has 0 aliphatic carbocycles. The van der Waals surface area contributed by atoms with E-state index in [9.17, 15) is 9.59 Å². The first-order chi connectivity index (χ1) is 12.4. The Morgan fingerprint density at radius 3 is 2.58 bits per heavy atom. The molecule has 26 heavy (non-hydrogen) atoms. The molecule has 8 nitrogen and oxygen atoms in total. The van der Waals surface area contributed by atoms with E-state index in [1.807, 2.05) is 30.5 Å². The van der Waals surface area contributed by atoms with Gasteiger partial charge in [0, 0.05) is 30.5 Å². The van der Waals surface area contributed by atoms with Crippen LogP contribution < -0.4 is 10.6 Å². The Labute approximate surface area is 156 Å². The Hall–Kier alpha value is -2.68. The van der Waals surface area contributed by atoms with Gasteiger partial charge in [0.25, 0.3) is 0 Å². The van der Waals surface area contributed by atoms with Crippen LogP contribution in [0.3, 0.4) is 0 Å². The average molecular weight is 374 g/mol. The van der Waals surface area contributed by atoms with Gasteiger partial charge in [-0.25, -0.2) is 4.79 Å². The van der Waals surface area contributed by atoms with E-state index in [1.165, 1.54) is 11.8 Å². The summed E-state index contributed by atoms with van der Waals surface area (Å²) in [5.41, 5.74) is 0.870. The van der Waals surface area contributed by atoms with E-state index in [0.717, 1.165) is 5.56 Å². The molecule has 2 N–H and O–H groups in total. The molecule has 138 valence electrons. The summed E-state index contributed by atoms with van der Waals surface area (Å²) >= 11 is 1.23. The molecule has 0 bridgehead atoms. The number of nitrogens with one attached hydrogen (secondary N) is 2. The Balaban J connectivity index is 2.13.